The van der Waals surface area contributed by atoms with Gasteiger partial charge in [0.25, 0.3) is 0 Å². The van der Waals surface area contributed by atoms with Gasteiger partial charge >= 0.3 is 0 Å². The van der Waals surface area contributed by atoms with E-state index >= 15 is 0 Å². The van der Waals surface area contributed by atoms with Crippen LogP contribution in [0.25, 0.3) is 27.6 Å². The maximum atomic E-state index is 10.2. The van der Waals surface area contributed by atoms with Gasteiger partial charge in [0.2, 0.25) is 0 Å². The molecule has 0 aromatic heterocycles. The minimum absolute atomic E-state index is 0.810. The summed E-state index contributed by atoms with van der Waals surface area (Å²) >= 11 is 0. The number of fused-ring (bicyclic) bond motifs is 5. The Morgan fingerprint density at radius 2 is 1.76 bits per heavy atom. The van der Waals surface area contributed by atoms with Crippen LogP contribution in [0.15, 0.2) is 48.5 Å². The quantitative estimate of drug-likeness (QED) is 0.614. The summed E-state index contributed by atoms with van der Waals surface area (Å²) in [5, 5.41) is 24.8. The van der Waals surface area contributed by atoms with E-state index in [2.05, 4.69) is 37.3 Å². The van der Waals surface area contributed by atoms with E-state index in [-0.39, 0.29) is 0 Å². The molecule has 0 radical (unpaired) electrons. The van der Waals surface area contributed by atoms with Gasteiger partial charge < -0.3 is 10.2 Å². The first-order chi connectivity index (χ1) is 10.2. The molecular weight excluding hydrogens is 260 g/mol. The van der Waals surface area contributed by atoms with E-state index in [4.69, 9.17) is 0 Å². The number of aliphatic hydroxyl groups excluding tert-OH is 2. The summed E-state index contributed by atoms with van der Waals surface area (Å²) in [6.45, 7) is 2.06. The summed E-state index contributed by atoms with van der Waals surface area (Å²) in [5.74, 6) is 0. The standard InChI is InChI=1S/C19H16O2/c1-11-10-16-14(8-9-17(20)19(16)21)15-7-6-12-4-2-3-5-13(12)18(11)15/h2-10,17,19-21H,1H3. The topological polar surface area (TPSA) is 40.5 Å². The monoisotopic (exact) mass is 276 g/mol. The highest BCUT2D eigenvalue weighted by Crippen LogP contribution is 2.38. The first-order valence-electron chi connectivity index (χ1n) is 7.16. The molecule has 21 heavy (non-hydrogen) atoms. The normalized spacial score (nSPS) is 20.9. The molecule has 0 saturated heterocycles. The SMILES string of the molecule is Cc1cc2c(c3ccc4ccccc4c13)C=CC(O)C2O. The molecule has 0 amide bonds. The lowest BCUT2D eigenvalue weighted by molar-refractivity contribution is 0.0471. The maximum absolute atomic E-state index is 10.2. The number of benzene rings is 3. The fourth-order valence-corrected chi connectivity index (χ4v) is 3.37. The van der Waals surface area contributed by atoms with Gasteiger partial charge in [-0.3, -0.25) is 0 Å². The van der Waals surface area contributed by atoms with Crippen molar-refractivity contribution in [2.75, 3.05) is 0 Å². The summed E-state index contributed by atoms with van der Waals surface area (Å²) in [6.07, 6.45) is 1.91. The molecule has 0 fully saturated rings. The Morgan fingerprint density at radius 3 is 2.62 bits per heavy atom. The zero-order valence-corrected chi connectivity index (χ0v) is 11.7. The predicted octanol–water partition coefficient (Wildman–Crippen LogP) is 3.72. The molecule has 4 rings (SSSR count). The van der Waals surface area contributed by atoms with Gasteiger partial charge in [0, 0.05) is 0 Å². The van der Waals surface area contributed by atoms with Crippen LogP contribution in [0.5, 0.6) is 0 Å². The van der Waals surface area contributed by atoms with Crippen LogP contribution in [0.4, 0.5) is 0 Å². The van der Waals surface area contributed by atoms with Gasteiger partial charge in [-0.2, -0.15) is 0 Å². The maximum Gasteiger partial charge on any atom is 0.109 e. The molecule has 0 bridgehead atoms. The van der Waals surface area contributed by atoms with Crippen LogP contribution in [0, 0.1) is 6.92 Å². The van der Waals surface area contributed by atoms with E-state index < -0.39 is 12.2 Å². The van der Waals surface area contributed by atoms with Crippen molar-refractivity contribution >= 4 is 27.6 Å². The lowest BCUT2D eigenvalue weighted by Gasteiger charge is -2.24. The van der Waals surface area contributed by atoms with Crippen LogP contribution in [0.2, 0.25) is 0 Å². The van der Waals surface area contributed by atoms with Crippen molar-refractivity contribution in [2.45, 2.75) is 19.1 Å². The fourth-order valence-electron chi connectivity index (χ4n) is 3.37. The second-order valence-corrected chi connectivity index (χ2v) is 5.70. The summed E-state index contributed by atoms with van der Waals surface area (Å²) < 4.78 is 0. The summed E-state index contributed by atoms with van der Waals surface area (Å²) in [7, 11) is 0. The lowest BCUT2D eigenvalue weighted by Crippen LogP contribution is -2.19. The van der Waals surface area contributed by atoms with Crippen LogP contribution in [-0.2, 0) is 0 Å². The van der Waals surface area contributed by atoms with Crippen molar-refractivity contribution in [1.82, 2.24) is 0 Å². The summed E-state index contributed by atoms with van der Waals surface area (Å²) in [6, 6.07) is 14.6. The number of aryl methyl sites for hydroxylation is 1. The van der Waals surface area contributed by atoms with E-state index in [1.807, 2.05) is 18.2 Å². The molecule has 0 aliphatic heterocycles. The molecule has 2 N–H and O–H groups in total. The largest absolute Gasteiger partial charge is 0.386 e. The minimum atomic E-state index is -0.848. The van der Waals surface area contributed by atoms with Gasteiger partial charge in [-0.05, 0) is 45.2 Å². The van der Waals surface area contributed by atoms with Crippen molar-refractivity contribution in [3.63, 3.8) is 0 Å². The number of hydrogen-bond acceptors (Lipinski definition) is 2. The highest BCUT2D eigenvalue weighted by Gasteiger charge is 2.24. The van der Waals surface area contributed by atoms with Crippen LogP contribution < -0.4 is 0 Å². The van der Waals surface area contributed by atoms with E-state index in [0.29, 0.717) is 0 Å². The van der Waals surface area contributed by atoms with E-state index in [0.717, 1.165) is 22.1 Å². The van der Waals surface area contributed by atoms with Crippen LogP contribution >= 0.6 is 0 Å². The van der Waals surface area contributed by atoms with Gasteiger partial charge in [-0.1, -0.05) is 54.6 Å². The van der Waals surface area contributed by atoms with Gasteiger partial charge in [0.1, 0.15) is 12.2 Å². The second kappa shape index (κ2) is 4.42. The van der Waals surface area contributed by atoms with Crippen molar-refractivity contribution in [3.8, 4) is 0 Å². The molecule has 2 atom stereocenters. The van der Waals surface area contributed by atoms with Crippen molar-refractivity contribution in [2.24, 2.45) is 0 Å². The van der Waals surface area contributed by atoms with Crippen LogP contribution in [-0.4, -0.2) is 16.3 Å². The average molecular weight is 276 g/mol. The first-order valence-corrected chi connectivity index (χ1v) is 7.16. The molecule has 3 aromatic carbocycles. The molecule has 0 heterocycles. The number of hydrogen-bond donors (Lipinski definition) is 2. The zero-order valence-electron chi connectivity index (χ0n) is 11.7. The van der Waals surface area contributed by atoms with E-state index in [1.165, 1.54) is 16.2 Å². The Bertz CT molecular complexity index is 893. The Morgan fingerprint density at radius 1 is 0.952 bits per heavy atom. The molecule has 3 aromatic rings. The molecule has 2 nitrogen and oxygen atoms in total. The highest BCUT2D eigenvalue weighted by atomic mass is 16.3. The van der Waals surface area contributed by atoms with Crippen LogP contribution in [0.3, 0.4) is 0 Å². The Balaban J connectivity index is 2.18. The molecule has 0 saturated carbocycles. The Kier molecular flexibility index (Phi) is 2.64. The fraction of sp³-hybridized carbons (Fsp3) is 0.158. The average Bonchev–Trinajstić information content (AvgIpc) is 2.51. The first kappa shape index (κ1) is 12.6. The highest BCUT2D eigenvalue weighted by molar-refractivity contribution is 6.12. The smallest absolute Gasteiger partial charge is 0.109 e. The number of rotatable bonds is 0. The van der Waals surface area contributed by atoms with Gasteiger partial charge in [-0.25, -0.2) is 0 Å². The molecule has 1 aliphatic rings. The summed E-state index contributed by atoms with van der Waals surface area (Å²) in [4.78, 5) is 0. The van der Waals surface area contributed by atoms with Gasteiger partial charge in [-0.15, -0.1) is 0 Å². The van der Waals surface area contributed by atoms with Crippen molar-refractivity contribution in [1.29, 1.82) is 0 Å². The number of aliphatic hydroxyl groups is 2. The second-order valence-electron chi connectivity index (χ2n) is 5.70. The minimum Gasteiger partial charge on any atom is -0.386 e. The zero-order chi connectivity index (χ0) is 14.6. The third-order valence-corrected chi connectivity index (χ3v) is 4.40. The van der Waals surface area contributed by atoms with E-state index in [9.17, 15) is 10.2 Å². The molecule has 0 spiro atoms. The van der Waals surface area contributed by atoms with Crippen molar-refractivity contribution in [3.05, 3.63) is 65.2 Å². The molecular formula is C19H16O2. The molecule has 2 heteroatoms. The van der Waals surface area contributed by atoms with Crippen LogP contribution in [0.1, 0.15) is 22.8 Å². The molecule has 1 aliphatic carbocycles. The third kappa shape index (κ3) is 1.73. The predicted molar refractivity (Wildman–Crippen MR) is 86.2 cm³/mol. The Hall–Kier alpha value is -2.16. The summed E-state index contributed by atoms with van der Waals surface area (Å²) in [5.41, 5.74) is 2.95. The van der Waals surface area contributed by atoms with Gasteiger partial charge in [0.15, 0.2) is 0 Å². The third-order valence-electron chi connectivity index (χ3n) is 4.40. The van der Waals surface area contributed by atoms with E-state index in [1.54, 1.807) is 6.08 Å². The molecule has 104 valence electrons. The Labute approximate surface area is 123 Å². The molecule has 2 unspecified atom stereocenters. The lowest BCUT2D eigenvalue weighted by atomic mass is 9.85. The van der Waals surface area contributed by atoms with Crippen molar-refractivity contribution < 1.29 is 10.2 Å². The van der Waals surface area contributed by atoms with Gasteiger partial charge in [0.05, 0.1) is 0 Å².